The molecule has 3 rings (SSSR count). The Bertz CT molecular complexity index is 957. The van der Waals surface area contributed by atoms with Crippen molar-refractivity contribution in [3.8, 4) is 11.4 Å². The van der Waals surface area contributed by atoms with Gasteiger partial charge in [-0.2, -0.15) is 5.10 Å². The number of nitro groups is 1. The van der Waals surface area contributed by atoms with Crippen molar-refractivity contribution in [1.82, 2.24) is 19.7 Å². The second-order valence-electron chi connectivity index (χ2n) is 6.13. The zero-order chi connectivity index (χ0) is 20.1. The fourth-order valence-corrected chi connectivity index (χ4v) is 2.66. The van der Waals surface area contributed by atoms with Crippen LogP contribution in [0.15, 0.2) is 61.2 Å². The minimum atomic E-state index is -0.539. The first kappa shape index (κ1) is 19.0. The number of benzene rings is 2. The molecule has 0 aliphatic rings. The number of nitro benzene ring substituents is 1. The summed E-state index contributed by atoms with van der Waals surface area (Å²) >= 11 is 0. The largest absolute Gasteiger partial charge is 0.477 e. The molecule has 0 aliphatic heterocycles. The van der Waals surface area contributed by atoms with Gasteiger partial charge in [0, 0.05) is 13.1 Å². The molecule has 0 spiro atoms. The summed E-state index contributed by atoms with van der Waals surface area (Å²) in [4.78, 5) is 28.4. The van der Waals surface area contributed by atoms with Gasteiger partial charge in [0.25, 0.3) is 5.91 Å². The summed E-state index contributed by atoms with van der Waals surface area (Å²) in [5, 5.41) is 15.1. The highest BCUT2D eigenvalue weighted by Gasteiger charge is 2.20. The summed E-state index contributed by atoms with van der Waals surface area (Å²) in [7, 11) is 1.67. The number of carbonyl (C=O) groups is 1. The van der Waals surface area contributed by atoms with E-state index in [2.05, 4.69) is 10.1 Å². The molecule has 9 heteroatoms. The van der Waals surface area contributed by atoms with Crippen molar-refractivity contribution < 1.29 is 14.5 Å². The predicted octanol–water partition coefficient (Wildman–Crippen LogP) is 2.77. The number of ether oxygens (including phenoxy) is 1. The van der Waals surface area contributed by atoms with Crippen molar-refractivity contribution in [2.24, 2.45) is 0 Å². The summed E-state index contributed by atoms with van der Waals surface area (Å²) < 4.78 is 7.03. The van der Waals surface area contributed by atoms with Gasteiger partial charge in [0.15, 0.2) is 12.4 Å². The summed E-state index contributed by atoms with van der Waals surface area (Å²) in [5.74, 6) is -0.218. The van der Waals surface area contributed by atoms with Crippen molar-refractivity contribution in [2.75, 3.05) is 13.7 Å². The van der Waals surface area contributed by atoms with Gasteiger partial charge in [-0.15, -0.1) is 0 Å². The first-order valence-corrected chi connectivity index (χ1v) is 8.54. The maximum Gasteiger partial charge on any atom is 0.310 e. The van der Waals surface area contributed by atoms with Crippen molar-refractivity contribution in [3.05, 3.63) is 76.9 Å². The van der Waals surface area contributed by atoms with E-state index in [0.29, 0.717) is 0 Å². The van der Waals surface area contributed by atoms with Gasteiger partial charge in [-0.25, -0.2) is 9.67 Å². The minimum absolute atomic E-state index is 0.0686. The fourth-order valence-electron chi connectivity index (χ4n) is 2.66. The zero-order valence-electron chi connectivity index (χ0n) is 15.4. The van der Waals surface area contributed by atoms with Gasteiger partial charge in [-0.3, -0.25) is 14.9 Å². The lowest BCUT2D eigenvalue weighted by molar-refractivity contribution is -0.385. The van der Waals surface area contributed by atoms with E-state index in [1.165, 1.54) is 18.5 Å². The number of carbonyl (C=O) groups excluding carboxylic acids is 1. The van der Waals surface area contributed by atoms with Crippen LogP contribution in [0.4, 0.5) is 5.69 Å². The first-order chi connectivity index (χ1) is 13.5. The highest BCUT2D eigenvalue weighted by molar-refractivity contribution is 5.78. The molecule has 1 unspecified atom stereocenters. The van der Waals surface area contributed by atoms with Gasteiger partial charge in [0.1, 0.15) is 12.7 Å². The fraction of sp³-hybridized carbons (Fsp3) is 0.211. The van der Waals surface area contributed by atoms with E-state index >= 15 is 0 Å². The smallest absolute Gasteiger partial charge is 0.310 e. The molecular formula is C19H19N5O4. The molecule has 1 atom stereocenters. The van der Waals surface area contributed by atoms with Crippen molar-refractivity contribution in [2.45, 2.75) is 13.0 Å². The summed E-state index contributed by atoms with van der Waals surface area (Å²) in [6.07, 6.45) is 3.06. The van der Waals surface area contributed by atoms with Crippen LogP contribution in [-0.4, -0.2) is 44.1 Å². The van der Waals surface area contributed by atoms with Gasteiger partial charge < -0.3 is 9.64 Å². The highest BCUT2D eigenvalue weighted by Crippen LogP contribution is 2.26. The van der Waals surface area contributed by atoms with Crippen LogP contribution in [0.3, 0.4) is 0 Å². The summed E-state index contributed by atoms with van der Waals surface area (Å²) in [6.45, 7) is 1.61. The number of para-hydroxylation sites is 2. The Labute approximate surface area is 161 Å². The Morgan fingerprint density at radius 2 is 1.96 bits per heavy atom. The summed E-state index contributed by atoms with van der Waals surface area (Å²) in [6, 6.07) is 13.4. The first-order valence-electron chi connectivity index (χ1n) is 8.54. The number of nitrogens with zero attached hydrogens (tertiary/aromatic N) is 5. The van der Waals surface area contributed by atoms with Gasteiger partial charge in [0.2, 0.25) is 0 Å². The topological polar surface area (TPSA) is 103 Å². The number of likely N-dealkylation sites (N-methyl/N-ethyl adjacent to an activating group) is 1. The van der Waals surface area contributed by atoms with Crippen LogP contribution < -0.4 is 4.74 Å². The maximum atomic E-state index is 12.5. The van der Waals surface area contributed by atoms with Gasteiger partial charge in [-0.1, -0.05) is 24.3 Å². The normalized spacial score (nSPS) is 11.6. The monoisotopic (exact) mass is 381 g/mol. The molecule has 1 aromatic heterocycles. The molecule has 0 saturated heterocycles. The molecule has 144 valence electrons. The van der Waals surface area contributed by atoms with Crippen LogP contribution >= 0.6 is 0 Å². The standard InChI is InChI=1S/C19H19N5O4/c1-14(15-7-9-16(10-8-15)23-13-20-12-21-23)22(2)19(25)11-28-18-6-4-3-5-17(18)24(26)27/h3-10,12-14H,11H2,1-2H3. The maximum absolute atomic E-state index is 12.5. The van der Waals surface area contributed by atoms with Crippen LogP contribution in [0.25, 0.3) is 5.69 Å². The van der Waals surface area contributed by atoms with E-state index in [4.69, 9.17) is 4.74 Å². The van der Waals surface area contributed by atoms with Crippen LogP contribution in [0.5, 0.6) is 5.75 Å². The zero-order valence-corrected chi connectivity index (χ0v) is 15.4. The Morgan fingerprint density at radius 1 is 1.25 bits per heavy atom. The quantitative estimate of drug-likeness (QED) is 0.460. The van der Waals surface area contributed by atoms with Crippen molar-refractivity contribution >= 4 is 11.6 Å². The predicted molar refractivity (Wildman–Crippen MR) is 101 cm³/mol. The lowest BCUT2D eigenvalue weighted by atomic mass is 10.1. The second kappa shape index (κ2) is 8.30. The van der Waals surface area contributed by atoms with Crippen LogP contribution in [0.2, 0.25) is 0 Å². The third kappa shape index (κ3) is 4.14. The number of hydrogen-bond donors (Lipinski definition) is 0. The number of hydrogen-bond acceptors (Lipinski definition) is 6. The van der Waals surface area contributed by atoms with E-state index in [1.807, 2.05) is 31.2 Å². The molecule has 9 nitrogen and oxygen atoms in total. The van der Waals surface area contributed by atoms with Gasteiger partial charge in [0.05, 0.1) is 16.7 Å². The van der Waals surface area contributed by atoms with E-state index < -0.39 is 4.92 Å². The lowest BCUT2D eigenvalue weighted by Crippen LogP contribution is -2.33. The molecule has 0 fully saturated rings. The Hall–Kier alpha value is -3.75. The van der Waals surface area contributed by atoms with Gasteiger partial charge in [-0.05, 0) is 30.7 Å². The van der Waals surface area contributed by atoms with E-state index in [9.17, 15) is 14.9 Å². The Balaban J connectivity index is 1.64. The molecule has 1 heterocycles. The van der Waals surface area contributed by atoms with Crippen LogP contribution in [0.1, 0.15) is 18.5 Å². The number of aromatic nitrogens is 3. The van der Waals surface area contributed by atoms with Crippen molar-refractivity contribution in [1.29, 1.82) is 0 Å². The number of amides is 1. The molecule has 0 bridgehead atoms. The molecule has 0 aliphatic carbocycles. The average molecular weight is 381 g/mol. The number of rotatable bonds is 7. The van der Waals surface area contributed by atoms with Crippen LogP contribution in [0, 0.1) is 10.1 Å². The SMILES string of the molecule is CC(c1ccc(-n2cncn2)cc1)N(C)C(=O)COc1ccccc1[N+](=O)[O-]. The van der Waals surface area contributed by atoms with Gasteiger partial charge >= 0.3 is 5.69 Å². The molecule has 0 saturated carbocycles. The second-order valence-corrected chi connectivity index (χ2v) is 6.13. The molecule has 2 aromatic carbocycles. The molecule has 0 radical (unpaired) electrons. The third-order valence-corrected chi connectivity index (χ3v) is 4.45. The molecule has 0 N–H and O–H groups in total. The molecule has 1 amide bonds. The molecule has 3 aromatic rings. The Kier molecular flexibility index (Phi) is 5.64. The van der Waals surface area contributed by atoms with Crippen molar-refractivity contribution in [3.63, 3.8) is 0 Å². The van der Waals surface area contributed by atoms with E-state index in [-0.39, 0.29) is 30.0 Å². The van der Waals surface area contributed by atoms with Crippen LogP contribution in [-0.2, 0) is 4.79 Å². The average Bonchev–Trinajstić information content (AvgIpc) is 3.26. The molecule has 28 heavy (non-hydrogen) atoms. The third-order valence-electron chi connectivity index (χ3n) is 4.45. The highest BCUT2D eigenvalue weighted by atomic mass is 16.6. The Morgan fingerprint density at radius 3 is 2.61 bits per heavy atom. The molecular weight excluding hydrogens is 362 g/mol. The van der Waals surface area contributed by atoms with E-state index in [0.717, 1.165) is 11.3 Å². The minimum Gasteiger partial charge on any atom is -0.477 e. The summed E-state index contributed by atoms with van der Waals surface area (Å²) in [5.41, 5.74) is 1.63. The van der Waals surface area contributed by atoms with E-state index in [1.54, 1.807) is 35.1 Å². The lowest BCUT2D eigenvalue weighted by Gasteiger charge is -2.25.